The minimum atomic E-state index is -0.326. The van der Waals surface area contributed by atoms with E-state index >= 15 is 0 Å². The highest BCUT2D eigenvalue weighted by molar-refractivity contribution is 5.16. The summed E-state index contributed by atoms with van der Waals surface area (Å²) in [5.41, 5.74) is 12.2. The SMILES string of the molecule is NC[C@@H]1OC(c2ccccc2)O[C@H]1CN. The van der Waals surface area contributed by atoms with Gasteiger partial charge >= 0.3 is 0 Å². The fourth-order valence-corrected chi connectivity index (χ4v) is 1.71. The van der Waals surface area contributed by atoms with E-state index in [1.807, 2.05) is 30.3 Å². The second kappa shape index (κ2) is 4.72. The Hall–Kier alpha value is -0.940. The van der Waals surface area contributed by atoms with E-state index in [2.05, 4.69) is 0 Å². The van der Waals surface area contributed by atoms with Gasteiger partial charge in [0, 0.05) is 18.7 Å². The summed E-state index contributed by atoms with van der Waals surface area (Å²) in [5.74, 6) is 0. The van der Waals surface area contributed by atoms with E-state index in [9.17, 15) is 0 Å². The fraction of sp³-hybridized carbons (Fsp3) is 0.455. The van der Waals surface area contributed by atoms with Crippen molar-refractivity contribution in [3.63, 3.8) is 0 Å². The van der Waals surface area contributed by atoms with Crippen LogP contribution in [0.5, 0.6) is 0 Å². The van der Waals surface area contributed by atoms with Crippen LogP contribution in [0, 0.1) is 0 Å². The zero-order valence-electron chi connectivity index (χ0n) is 8.50. The smallest absolute Gasteiger partial charge is 0.184 e. The number of hydrogen-bond donors (Lipinski definition) is 2. The maximum atomic E-state index is 5.67. The molecule has 0 spiro atoms. The Morgan fingerprint density at radius 3 is 1.93 bits per heavy atom. The Morgan fingerprint density at radius 1 is 0.933 bits per heavy atom. The van der Waals surface area contributed by atoms with Gasteiger partial charge in [0.2, 0.25) is 0 Å². The minimum absolute atomic E-state index is 0.0970. The summed E-state index contributed by atoms with van der Waals surface area (Å²) in [6.45, 7) is 0.871. The van der Waals surface area contributed by atoms with Crippen molar-refractivity contribution in [1.29, 1.82) is 0 Å². The van der Waals surface area contributed by atoms with Gasteiger partial charge in [0.05, 0.1) is 0 Å². The Labute approximate surface area is 89.2 Å². The summed E-state index contributed by atoms with van der Waals surface area (Å²) in [7, 11) is 0. The van der Waals surface area contributed by atoms with Crippen molar-refractivity contribution in [1.82, 2.24) is 0 Å². The van der Waals surface area contributed by atoms with E-state index in [-0.39, 0.29) is 18.5 Å². The highest BCUT2D eigenvalue weighted by Gasteiger charge is 2.34. The van der Waals surface area contributed by atoms with Crippen LogP contribution in [-0.2, 0) is 9.47 Å². The number of benzene rings is 1. The molecule has 1 aromatic carbocycles. The molecule has 0 bridgehead atoms. The molecule has 82 valence electrons. The zero-order valence-corrected chi connectivity index (χ0v) is 8.50. The highest BCUT2D eigenvalue weighted by atomic mass is 16.7. The molecule has 1 aliphatic rings. The first kappa shape index (κ1) is 10.6. The van der Waals surface area contributed by atoms with Gasteiger partial charge in [0.1, 0.15) is 12.2 Å². The Kier molecular flexibility index (Phi) is 3.33. The molecule has 4 heteroatoms. The first-order chi connectivity index (χ1) is 7.35. The lowest BCUT2D eigenvalue weighted by atomic mass is 10.2. The quantitative estimate of drug-likeness (QED) is 0.753. The van der Waals surface area contributed by atoms with E-state index in [0.29, 0.717) is 13.1 Å². The highest BCUT2D eigenvalue weighted by Crippen LogP contribution is 2.30. The molecular formula is C11H16N2O2. The maximum Gasteiger partial charge on any atom is 0.184 e. The first-order valence-electron chi connectivity index (χ1n) is 5.11. The van der Waals surface area contributed by atoms with Gasteiger partial charge in [0.15, 0.2) is 6.29 Å². The second-order valence-electron chi connectivity index (χ2n) is 3.56. The normalized spacial score (nSPS) is 27.1. The van der Waals surface area contributed by atoms with Crippen LogP contribution in [0.1, 0.15) is 11.9 Å². The van der Waals surface area contributed by atoms with Gasteiger partial charge in [0.25, 0.3) is 0 Å². The van der Waals surface area contributed by atoms with E-state index in [1.165, 1.54) is 0 Å². The van der Waals surface area contributed by atoms with Crippen molar-refractivity contribution in [2.45, 2.75) is 18.5 Å². The zero-order chi connectivity index (χ0) is 10.7. The molecule has 1 saturated heterocycles. The average Bonchev–Trinajstić information content (AvgIpc) is 2.73. The van der Waals surface area contributed by atoms with Gasteiger partial charge < -0.3 is 20.9 Å². The van der Waals surface area contributed by atoms with Crippen LogP contribution in [-0.4, -0.2) is 25.3 Å². The van der Waals surface area contributed by atoms with Crippen molar-refractivity contribution >= 4 is 0 Å². The van der Waals surface area contributed by atoms with Crippen molar-refractivity contribution in [3.05, 3.63) is 35.9 Å². The maximum absolute atomic E-state index is 5.67. The average molecular weight is 208 g/mol. The number of rotatable bonds is 3. The molecule has 0 amide bonds. The summed E-state index contributed by atoms with van der Waals surface area (Å²) < 4.78 is 11.3. The lowest BCUT2D eigenvalue weighted by Gasteiger charge is -2.10. The van der Waals surface area contributed by atoms with Gasteiger partial charge in [-0.15, -0.1) is 0 Å². The molecule has 1 heterocycles. The number of hydrogen-bond acceptors (Lipinski definition) is 4. The Balaban J connectivity index is 2.08. The first-order valence-corrected chi connectivity index (χ1v) is 5.11. The summed E-state index contributed by atoms with van der Waals surface area (Å²) >= 11 is 0. The van der Waals surface area contributed by atoms with Crippen LogP contribution in [0.3, 0.4) is 0 Å². The van der Waals surface area contributed by atoms with Crippen LogP contribution >= 0.6 is 0 Å². The Morgan fingerprint density at radius 2 is 1.47 bits per heavy atom. The van der Waals surface area contributed by atoms with Crippen molar-refractivity contribution in [2.75, 3.05) is 13.1 Å². The van der Waals surface area contributed by atoms with Gasteiger partial charge in [-0.05, 0) is 0 Å². The molecule has 0 aliphatic carbocycles. The summed E-state index contributed by atoms with van der Waals surface area (Å²) in [6.07, 6.45) is -0.520. The predicted molar refractivity (Wildman–Crippen MR) is 57.0 cm³/mol. The molecule has 1 aromatic rings. The molecule has 15 heavy (non-hydrogen) atoms. The fourth-order valence-electron chi connectivity index (χ4n) is 1.71. The van der Waals surface area contributed by atoms with E-state index in [1.54, 1.807) is 0 Å². The molecule has 1 aliphatic heterocycles. The Bertz CT molecular complexity index is 293. The van der Waals surface area contributed by atoms with E-state index in [4.69, 9.17) is 20.9 Å². The molecule has 0 radical (unpaired) electrons. The molecular weight excluding hydrogens is 192 g/mol. The van der Waals surface area contributed by atoms with Gasteiger partial charge in [-0.3, -0.25) is 0 Å². The molecule has 1 fully saturated rings. The summed E-state index contributed by atoms with van der Waals surface area (Å²) in [5, 5.41) is 0. The lowest BCUT2D eigenvalue weighted by molar-refractivity contribution is -0.0670. The molecule has 0 aromatic heterocycles. The standard InChI is InChI=1S/C11H16N2O2/c12-6-9-10(7-13)15-11(14-9)8-4-2-1-3-5-8/h1-5,9-11H,6-7,12-13H2/t9-,10-/m0/s1. The summed E-state index contributed by atoms with van der Waals surface area (Å²) in [6, 6.07) is 9.80. The topological polar surface area (TPSA) is 70.5 Å². The van der Waals surface area contributed by atoms with Gasteiger partial charge in [-0.1, -0.05) is 30.3 Å². The van der Waals surface area contributed by atoms with E-state index in [0.717, 1.165) is 5.56 Å². The van der Waals surface area contributed by atoms with Crippen LogP contribution in [0.15, 0.2) is 30.3 Å². The molecule has 0 unspecified atom stereocenters. The summed E-state index contributed by atoms with van der Waals surface area (Å²) in [4.78, 5) is 0. The largest absolute Gasteiger partial charge is 0.341 e. The second-order valence-corrected chi connectivity index (χ2v) is 3.56. The van der Waals surface area contributed by atoms with Crippen LogP contribution in [0.2, 0.25) is 0 Å². The van der Waals surface area contributed by atoms with Crippen molar-refractivity contribution in [2.24, 2.45) is 11.5 Å². The molecule has 2 atom stereocenters. The van der Waals surface area contributed by atoms with Crippen molar-refractivity contribution < 1.29 is 9.47 Å². The minimum Gasteiger partial charge on any atom is -0.341 e. The number of nitrogens with two attached hydrogens (primary N) is 2. The van der Waals surface area contributed by atoms with Crippen LogP contribution in [0.25, 0.3) is 0 Å². The third-order valence-corrected chi connectivity index (χ3v) is 2.55. The van der Waals surface area contributed by atoms with Gasteiger partial charge in [-0.2, -0.15) is 0 Å². The third kappa shape index (κ3) is 2.18. The monoisotopic (exact) mass is 208 g/mol. The molecule has 4 N–H and O–H groups in total. The lowest BCUT2D eigenvalue weighted by Crippen LogP contribution is -2.35. The van der Waals surface area contributed by atoms with Crippen LogP contribution in [0.4, 0.5) is 0 Å². The van der Waals surface area contributed by atoms with Crippen molar-refractivity contribution in [3.8, 4) is 0 Å². The van der Waals surface area contributed by atoms with E-state index < -0.39 is 0 Å². The predicted octanol–water partition coefficient (Wildman–Crippen LogP) is 0.387. The third-order valence-electron chi connectivity index (χ3n) is 2.55. The molecule has 2 rings (SSSR count). The van der Waals surface area contributed by atoms with Gasteiger partial charge in [-0.25, -0.2) is 0 Å². The van der Waals surface area contributed by atoms with Crippen LogP contribution < -0.4 is 11.5 Å². The molecule has 4 nitrogen and oxygen atoms in total. The number of ether oxygens (including phenoxy) is 2. The molecule has 0 saturated carbocycles.